The van der Waals surface area contributed by atoms with Gasteiger partial charge in [0.2, 0.25) is 0 Å². The molecular formula is C17H18ClFN2. The standard InChI is InChI=1S/C17H18ClFN2/c18-15-6-2-1-5-13(15)12-20-14-7-8-17(16(19)11-14)21-9-3-4-10-21/h1-2,5-8,11,20H,3-4,9-10,12H2. The lowest BCUT2D eigenvalue weighted by atomic mass is 10.2. The number of halogens is 2. The van der Waals surface area contributed by atoms with E-state index in [1.807, 2.05) is 36.4 Å². The van der Waals surface area contributed by atoms with Crippen LogP contribution in [0.25, 0.3) is 0 Å². The third-order valence-corrected chi connectivity index (χ3v) is 4.20. The molecule has 0 amide bonds. The second-order valence-corrected chi connectivity index (χ2v) is 5.71. The van der Waals surface area contributed by atoms with Crippen molar-refractivity contribution in [2.24, 2.45) is 0 Å². The zero-order valence-electron chi connectivity index (χ0n) is 11.8. The zero-order chi connectivity index (χ0) is 14.7. The molecule has 0 atom stereocenters. The monoisotopic (exact) mass is 304 g/mol. The van der Waals surface area contributed by atoms with Gasteiger partial charge in [-0.15, -0.1) is 0 Å². The van der Waals surface area contributed by atoms with Crippen LogP contribution in [0.15, 0.2) is 42.5 Å². The highest BCUT2D eigenvalue weighted by Gasteiger charge is 2.16. The van der Waals surface area contributed by atoms with E-state index in [0.717, 1.165) is 42.2 Å². The van der Waals surface area contributed by atoms with Crippen LogP contribution < -0.4 is 10.2 Å². The summed E-state index contributed by atoms with van der Waals surface area (Å²) in [5, 5.41) is 3.94. The van der Waals surface area contributed by atoms with E-state index in [1.54, 1.807) is 6.07 Å². The number of nitrogens with zero attached hydrogens (tertiary/aromatic N) is 1. The van der Waals surface area contributed by atoms with Crippen molar-refractivity contribution in [1.29, 1.82) is 0 Å². The first-order valence-corrected chi connectivity index (χ1v) is 7.63. The quantitative estimate of drug-likeness (QED) is 0.881. The molecule has 3 rings (SSSR count). The van der Waals surface area contributed by atoms with E-state index >= 15 is 0 Å². The predicted octanol–water partition coefficient (Wildman–Crippen LogP) is 4.69. The highest BCUT2D eigenvalue weighted by atomic mass is 35.5. The van der Waals surface area contributed by atoms with Crippen LogP contribution in [0, 0.1) is 5.82 Å². The third kappa shape index (κ3) is 3.30. The molecule has 21 heavy (non-hydrogen) atoms. The first kappa shape index (κ1) is 14.2. The van der Waals surface area contributed by atoms with Gasteiger partial charge >= 0.3 is 0 Å². The summed E-state index contributed by atoms with van der Waals surface area (Å²) < 4.78 is 14.2. The fourth-order valence-electron chi connectivity index (χ4n) is 2.67. The van der Waals surface area contributed by atoms with Gasteiger partial charge in [0.1, 0.15) is 5.82 Å². The van der Waals surface area contributed by atoms with E-state index in [-0.39, 0.29) is 5.82 Å². The van der Waals surface area contributed by atoms with Gasteiger partial charge < -0.3 is 10.2 Å². The average Bonchev–Trinajstić information content (AvgIpc) is 3.00. The van der Waals surface area contributed by atoms with E-state index in [4.69, 9.17) is 11.6 Å². The summed E-state index contributed by atoms with van der Waals surface area (Å²) in [6, 6.07) is 13.0. The Kier molecular flexibility index (Phi) is 4.30. The van der Waals surface area contributed by atoms with Crippen molar-refractivity contribution >= 4 is 23.0 Å². The molecule has 110 valence electrons. The fourth-order valence-corrected chi connectivity index (χ4v) is 2.87. The summed E-state index contributed by atoms with van der Waals surface area (Å²) in [5.41, 5.74) is 2.48. The Balaban J connectivity index is 1.69. The third-order valence-electron chi connectivity index (χ3n) is 3.84. The van der Waals surface area contributed by atoms with Crippen molar-refractivity contribution in [3.05, 3.63) is 58.9 Å². The molecule has 0 unspecified atom stereocenters. The number of hydrogen-bond acceptors (Lipinski definition) is 2. The number of rotatable bonds is 4. The summed E-state index contributed by atoms with van der Waals surface area (Å²) in [5.74, 6) is -0.166. The van der Waals surface area contributed by atoms with E-state index in [0.29, 0.717) is 12.2 Å². The summed E-state index contributed by atoms with van der Waals surface area (Å²) in [6.07, 6.45) is 2.29. The van der Waals surface area contributed by atoms with Gasteiger partial charge in [0.25, 0.3) is 0 Å². The Morgan fingerprint density at radius 2 is 1.86 bits per heavy atom. The maximum atomic E-state index is 14.2. The van der Waals surface area contributed by atoms with Gasteiger partial charge in [0.15, 0.2) is 0 Å². The smallest absolute Gasteiger partial charge is 0.148 e. The van der Waals surface area contributed by atoms with Gasteiger partial charge in [-0.3, -0.25) is 0 Å². The Bertz CT molecular complexity index is 624. The SMILES string of the molecule is Fc1cc(NCc2ccccc2Cl)ccc1N1CCCC1. The molecule has 2 aromatic rings. The predicted molar refractivity (Wildman–Crippen MR) is 86.6 cm³/mol. The molecule has 1 N–H and O–H groups in total. The first-order chi connectivity index (χ1) is 10.2. The molecule has 0 spiro atoms. The molecular weight excluding hydrogens is 287 g/mol. The van der Waals surface area contributed by atoms with Crippen molar-refractivity contribution in [1.82, 2.24) is 0 Å². The fraction of sp³-hybridized carbons (Fsp3) is 0.294. The molecule has 0 aromatic heterocycles. The molecule has 1 saturated heterocycles. The number of anilines is 2. The largest absolute Gasteiger partial charge is 0.381 e. The zero-order valence-corrected chi connectivity index (χ0v) is 12.5. The Morgan fingerprint density at radius 3 is 2.57 bits per heavy atom. The van der Waals surface area contributed by atoms with Crippen LogP contribution in [0.1, 0.15) is 18.4 Å². The molecule has 0 aliphatic carbocycles. The molecule has 0 radical (unpaired) electrons. The van der Waals surface area contributed by atoms with Crippen molar-refractivity contribution in [2.75, 3.05) is 23.3 Å². The Morgan fingerprint density at radius 1 is 1.10 bits per heavy atom. The molecule has 1 aliphatic heterocycles. The highest BCUT2D eigenvalue weighted by molar-refractivity contribution is 6.31. The first-order valence-electron chi connectivity index (χ1n) is 7.26. The Hall–Kier alpha value is -1.74. The maximum absolute atomic E-state index is 14.2. The van der Waals surface area contributed by atoms with Crippen LogP contribution in [0.3, 0.4) is 0 Å². The second kappa shape index (κ2) is 6.35. The Labute approximate surface area is 129 Å². The van der Waals surface area contributed by atoms with Gasteiger partial charge in [-0.05, 0) is 42.7 Å². The van der Waals surface area contributed by atoms with Crippen molar-refractivity contribution < 1.29 is 4.39 Å². The number of hydrogen-bond donors (Lipinski definition) is 1. The minimum atomic E-state index is -0.166. The van der Waals surface area contributed by atoms with Gasteiger partial charge in [-0.1, -0.05) is 29.8 Å². The molecule has 0 bridgehead atoms. The molecule has 1 heterocycles. The van der Waals surface area contributed by atoms with Gasteiger partial charge in [0.05, 0.1) is 5.69 Å². The van der Waals surface area contributed by atoms with Crippen LogP contribution in [-0.2, 0) is 6.54 Å². The van der Waals surface area contributed by atoms with Crippen molar-refractivity contribution in [3.8, 4) is 0 Å². The minimum absolute atomic E-state index is 0.166. The van der Waals surface area contributed by atoms with Gasteiger partial charge in [-0.25, -0.2) is 4.39 Å². The van der Waals surface area contributed by atoms with Crippen LogP contribution in [0.4, 0.5) is 15.8 Å². The van der Waals surface area contributed by atoms with Crippen molar-refractivity contribution in [2.45, 2.75) is 19.4 Å². The summed E-state index contributed by atoms with van der Waals surface area (Å²) in [4.78, 5) is 2.10. The van der Waals surface area contributed by atoms with E-state index in [1.165, 1.54) is 0 Å². The molecule has 4 heteroatoms. The lowest BCUT2D eigenvalue weighted by Crippen LogP contribution is -2.18. The lowest BCUT2D eigenvalue weighted by molar-refractivity contribution is 0.623. The summed E-state index contributed by atoms with van der Waals surface area (Å²) in [7, 11) is 0. The van der Waals surface area contributed by atoms with Crippen LogP contribution >= 0.6 is 11.6 Å². The van der Waals surface area contributed by atoms with Gasteiger partial charge in [-0.2, -0.15) is 0 Å². The number of benzene rings is 2. The lowest BCUT2D eigenvalue weighted by Gasteiger charge is -2.19. The van der Waals surface area contributed by atoms with Crippen molar-refractivity contribution in [3.63, 3.8) is 0 Å². The summed E-state index contributed by atoms with van der Waals surface area (Å²) >= 11 is 6.11. The van der Waals surface area contributed by atoms with Crippen LogP contribution in [0.2, 0.25) is 5.02 Å². The van der Waals surface area contributed by atoms with E-state index in [2.05, 4.69) is 10.2 Å². The van der Waals surface area contributed by atoms with Crippen LogP contribution in [0.5, 0.6) is 0 Å². The normalized spacial score (nSPS) is 14.5. The van der Waals surface area contributed by atoms with Gasteiger partial charge in [0, 0.05) is 30.3 Å². The average molecular weight is 305 g/mol. The topological polar surface area (TPSA) is 15.3 Å². The van der Waals surface area contributed by atoms with E-state index < -0.39 is 0 Å². The maximum Gasteiger partial charge on any atom is 0.148 e. The van der Waals surface area contributed by atoms with E-state index in [9.17, 15) is 4.39 Å². The van der Waals surface area contributed by atoms with Crippen LogP contribution in [-0.4, -0.2) is 13.1 Å². The summed E-state index contributed by atoms with van der Waals surface area (Å²) in [6.45, 7) is 2.48. The highest BCUT2D eigenvalue weighted by Crippen LogP contribution is 2.26. The molecule has 2 nitrogen and oxygen atoms in total. The minimum Gasteiger partial charge on any atom is -0.381 e. The second-order valence-electron chi connectivity index (χ2n) is 5.31. The molecule has 0 saturated carbocycles. The molecule has 2 aromatic carbocycles. The molecule has 1 aliphatic rings. The molecule has 1 fully saturated rings. The number of nitrogens with one attached hydrogen (secondary N) is 1.